The van der Waals surface area contributed by atoms with Gasteiger partial charge in [-0.05, 0) is 17.7 Å². The molecule has 0 fully saturated rings. The molecule has 15 heavy (non-hydrogen) atoms. The molecule has 6 N–H and O–H groups in total. The summed E-state index contributed by atoms with van der Waals surface area (Å²) in [7, 11) is 0. The number of nitrogens with two attached hydrogens (primary N) is 1. The third-order valence-electron chi connectivity index (χ3n) is 1.73. The van der Waals surface area contributed by atoms with Crippen molar-refractivity contribution in [3.8, 4) is 11.5 Å². The number of hydrogen-bond acceptors (Lipinski definition) is 5. The summed E-state index contributed by atoms with van der Waals surface area (Å²) in [5.74, 6) is -3.07. The predicted molar refractivity (Wildman–Crippen MR) is 50.3 cm³/mol. The van der Waals surface area contributed by atoms with Crippen molar-refractivity contribution < 1.29 is 28.0 Å². The van der Waals surface area contributed by atoms with Crippen LogP contribution in [0.3, 0.4) is 0 Å². The zero-order chi connectivity index (χ0) is 13.4. The molecule has 0 saturated heterocycles. The molecule has 0 aliphatic carbocycles. The van der Waals surface area contributed by atoms with Crippen LogP contribution in [0.15, 0.2) is 18.2 Å². The Kier molecular flexibility index (Phi) is 2.36. The fraction of sp³-hybridized carbons (Fsp3) is 0.222. The number of aliphatic hydroxyl groups is 1. The third-order valence-corrected chi connectivity index (χ3v) is 1.73. The van der Waals surface area contributed by atoms with E-state index in [0.29, 0.717) is 0 Å². The molecule has 0 unspecified atom stereocenters. The highest BCUT2D eigenvalue weighted by Crippen LogP contribution is 2.28. The van der Waals surface area contributed by atoms with Crippen molar-refractivity contribution >= 4 is 5.97 Å². The average molecular weight is 215 g/mol. The van der Waals surface area contributed by atoms with Gasteiger partial charge < -0.3 is 26.2 Å². The number of phenols is 2. The molecule has 6 heteroatoms. The first-order valence-electron chi connectivity index (χ1n) is 4.88. The molecule has 1 aromatic rings. The summed E-state index contributed by atoms with van der Waals surface area (Å²) >= 11 is 0. The highest BCUT2D eigenvalue weighted by molar-refractivity contribution is 5.74. The lowest BCUT2D eigenvalue weighted by Crippen LogP contribution is -2.36. The minimum Gasteiger partial charge on any atom is -0.504 e. The average Bonchev–Trinajstić information content (AvgIpc) is 2.21. The molecule has 0 bridgehead atoms. The molecule has 0 radical (unpaired) electrons. The predicted octanol–water partition coefficient (Wildman–Crippen LogP) is -0.457. The van der Waals surface area contributed by atoms with Crippen LogP contribution in [0.4, 0.5) is 0 Å². The van der Waals surface area contributed by atoms with Crippen LogP contribution in [0.5, 0.6) is 11.5 Å². The fourth-order valence-corrected chi connectivity index (χ4v) is 0.928. The number of carbonyl (C=O) groups is 1. The molecule has 82 valence electrons. The van der Waals surface area contributed by atoms with Gasteiger partial charge in [0.2, 0.25) is 0 Å². The van der Waals surface area contributed by atoms with Crippen LogP contribution < -0.4 is 5.73 Å². The van der Waals surface area contributed by atoms with Crippen LogP contribution in [0.2, 0.25) is 0 Å². The van der Waals surface area contributed by atoms with Gasteiger partial charge in [-0.1, -0.05) is 6.07 Å². The smallest absolute Gasteiger partial charge is 0.323 e. The van der Waals surface area contributed by atoms with Crippen molar-refractivity contribution in [1.29, 1.82) is 0 Å². The fourth-order valence-electron chi connectivity index (χ4n) is 0.928. The summed E-state index contributed by atoms with van der Waals surface area (Å²) in [6.07, 6.45) is -2.98. The first-order chi connectivity index (χ1) is 7.60. The molecule has 6 nitrogen and oxygen atoms in total. The van der Waals surface area contributed by atoms with Crippen molar-refractivity contribution in [2.45, 2.75) is 12.1 Å². The van der Waals surface area contributed by atoms with Gasteiger partial charge >= 0.3 is 5.97 Å². The number of benzene rings is 1. The molecule has 0 spiro atoms. The number of carboxylic acid groups (broad SMARTS) is 1. The van der Waals surface area contributed by atoms with Crippen molar-refractivity contribution in [2.75, 3.05) is 0 Å². The van der Waals surface area contributed by atoms with E-state index in [1.807, 2.05) is 0 Å². The van der Waals surface area contributed by atoms with E-state index in [1.165, 1.54) is 0 Å². The van der Waals surface area contributed by atoms with Crippen LogP contribution >= 0.6 is 0 Å². The lowest BCUT2D eigenvalue weighted by atomic mass is 10.0. The van der Waals surface area contributed by atoms with Gasteiger partial charge in [0, 0.05) is 0 Å². The molecule has 0 saturated carbocycles. The van der Waals surface area contributed by atoms with Crippen molar-refractivity contribution in [2.24, 2.45) is 5.73 Å². The number of rotatable bonds is 3. The molecule has 1 aromatic carbocycles. The van der Waals surface area contributed by atoms with Gasteiger partial charge in [0.25, 0.3) is 0 Å². The summed E-state index contributed by atoms with van der Waals surface area (Å²) in [4.78, 5) is 10.7. The largest absolute Gasteiger partial charge is 0.504 e. The van der Waals surface area contributed by atoms with E-state index in [0.717, 1.165) is 18.2 Å². The zero-order valence-electron chi connectivity index (χ0n) is 9.51. The summed E-state index contributed by atoms with van der Waals surface area (Å²) in [5, 5.41) is 36.5. The second kappa shape index (κ2) is 4.16. The van der Waals surface area contributed by atoms with Gasteiger partial charge in [0.15, 0.2) is 11.5 Å². The lowest BCUT2D eigenvalue weighted by Gasteiger charge is -2.15. The second-order valence-corrected chi connectivity index (χ2v) is 2.77. The Morgan fingerprint density at radius 3 is 2.47 bits per heavy atom. The minimum atomic E-state index is -3.02. The Balaban J connectivity index is 3.30. The minimum absolute atomic E-state index is 0.423. The van der Waals surface area contributed by atoms with Crippen LogP contribution in [0.1, 0.15) is 14.4 Å². The molecule has 0 heterocycles. The van der Waals surface area contributed by atoms with E-state index in [4.69, 9.17) is 18.7 Å². The number of aromatic hydroxyl groups is 2. The second-order valence-electron chi connectivity index (χ2n) is 2.77. The summed E-state index contributed by atoms with van der Waals surface area (Å²) < 4.78 is 14.7. The van der Waals surface area contributed by atoms with E-state index in [1.54, 1.807) is 0 Å². The maximum absolute atomic E-state index is 10.7. The first-order valence-corrected chi connectivity index (χ1v) is 3.88. The van der Waals surface area contributed by atoms with Crippen LogP contribution in [-0.2, 0) is 4.79 Å². The highest BCUT2D eigenvalue weighted by atomic mass is 16.4. The monoisotopic (exact) mass is 215 g/mol. The molecule has 0 aliphatic heterocycles. The maximum Gasteiger partial charge on any atom is 0.323 e. The van der Waals surface area contributed by atoms with Gasteiger partial charge in [0.05, 0.1) is 2.74 Å². The number of phenolic OH excluding ortho intramolecular Hbond substituents is 2. The van der Waals surface area contributed by atoms with E-state index in [9.17, 15) is 15.0 Å². The Morgan fingerprint density at radius 1 is 1.40 bits per heavy atom. The van der Waals surface area contributed by atoms with Crippen LogP contribution in [0.25, 0.3) is 0 Å². The number of carboxylic acids is 1. The maximum atomic E-state index is 10.7. The normalized spacial score (nSPS) is 20.7. The van der Waals surface area contributed by atoms with Gasteiger partial charge in [-0.15, -0.1) is 0 Å². The Labute approximate surface area is 88.0 Å². The van der Waals surface area contributed by atoms with Crippen molar-refractivity contribution in [3.63, 3.8) is 0 Å². The summed E-state index contributed by atoms with van der Waals surface area (Å²) in [5.41, 5.74) is 4.62. The van der Waals surface area contributed by atoms with Crippen molar-refractivity contribution in [1.82, 2.24) is 0 Å². The summed E-state index contributed by atoms with van der Waals surface area (Å²) in [6, 6.07) is -0.318. The Morgan fingerprint density at radius 2 is 2.00 bits per heavy atom. The van der Waals surface area contributed by atoms with E-state index in [-0.39, 0.29) is 0 Å². The molecule has 0 amide bonds. The third kappa shape index (κ3) is 2.36. The molecular formula is C9H11NO5. The Hall–Kier alpha value is -1.79. The van der Waals surface area contributed by atoms with E-state index in [2.05, 4.69) is 0 Å². The topological polar surface area (TPSA) is 124 Å². The highest BCUT2D eigenvalue weighted by Gasteiger charge is 2.24. The first kappa shape index (κ1) is 8.51. The quantitative estimate of drug-likeness (QED) is 0.435. The van der Waals surface area contributed by atoms with Gasteiger partial charge in [-0.3, -0.25) is 4.79 Å². The number of aliphatic carboxylic acids is 1. The van der Waals surface area contributed by atoms with Gasteiger partial charge in [0.1, 0.15) is 12.1 Å². The molecular weight excluding hydrogens is 202 g/mol. The zero-order valence-corrected chi connectivity index (χ0v) is 7.51. The molecule has 0 aromatic heterocycles. The number of hydrogen-bond donors (Lipinski definition) is 5. The molecule has 2 atom stereocenters. The molecule has 0 aliphatic rings. The SMILES string of the molecule is [2H][C@@](N)(C(=O)O)[C@]([2H])(O)c1ccc(O)c(O)c1. The van der Waals surface area contributed by atoms with Crippen LogP contribution in [-0.4, -0.2) is 32.4 Å². The Bertz CT molecular complexity index is 461. The molecule has 1 rings (SSSR count). The standard InChI is InChI=1S/C9H11NO5/c10-7(9(14)15)8(13)4-1-2-5(11)6(12)3-4/h1-3,7-8,11-13H,10H2,(H,14,15)/t7-,8+/m0/s1/i7D,8D. The van der Waals surface area contributed by atoms with Gasteiger partial charge in [-0.2, -0.15) is 0 Å². The van der Waals surface area contributed by atoms with Crippen LogP contribution in [0, 0.1) is 0 Å². The van der Waals surface area contributed by atoms with E-state index >= 15 is 0 Å². The lowest BCUT2D eigenvalue weighted by molar-refractivity contribution is -0.141. The van der Waals surface area contributed by atoms with Gasteiger partial charge in [-0.25, -0.2) is 0 Å². The summed E-state index contributed by atoms with van der Waals surface area (Å²) in [6.45, 7) is 0. The van der Waals surface area contributed by atoms with Crippen molar-refractivity contribution in [3.05, 3.63) is 23.8 Å². The van der Waals surface area contributed by atoms with E-state index < -0.39 is 35.1 Å².